The van der Waals surface area contributed by atoms with Crippen LogP contribution >= 0.6 is 0 Å². The summed E-state index contributed by atoms with van der Waals surface area (Å²) in [6, 6.07) is 0. The van der Waals surface area contributed by atoms with E-state index in [9.17, 15) is 19.8 Å². The summed E-state index contributed by atoms with van der Waals surface area (Å²) in [7, 11) is 0. The second-order valence-electron chi connectivity index (χ2n) is 10.7. The van der Waals surface area contributed by atoms with Crippen molar-refractivity contribution in [3.05, 3.63) is 23.8 Å². The minimum absolute atomic E-state index is 0.0125. The van der Waals surface area contributed by atoms with Gasteiger partial charge in [-0.05, 0) is 56.1 Å². The average Bonchev–Trinajstić information content (AvgIpc) is 3.20. The Bertz CT molecular complexity index is 862. The van der Waals surface area contributed by atoms with Crippen LogP contribution in [-0.2, 0) is 19.1 Å². The van der Waals surface area contributed by atoms with E-state index >= 15 is 0 Å². The number of allylic oxidation sites excluding steroid dienone is 4. The lowest BCUT2D eigenvalue weighted by Gasteiger charge is -2.59. The largest absolute Gasteiger partial charge is 0.393 e. The summed E-state index contributed by atoms with van der Waals surface area (Å²) in [5, 5.41) is 21.4. The van der Waals surface area contributed by atoms with Crippen molar-refractivity contribution in [2.24, 2.45) is 28.6 Å². The molecule has 4 aliphatic carbocycles. The van der Waals surface area contributed by atoms with Crippen molar-refractivity contribution >= 4 is 11.6 Å². The lowest BCUT2D eigenvalue weighted by molar-refractivity contribution is -0.200. The number of aliphatic hydroxyl groups is 2. The molecule has 0 bridgehead atoms. The molecule has 2 N–H and O–H groups in total. The highest BCUT2D eigenvalue weighted by molar-refractivity contribution is 6.01. The standard InChI is InChI=1S/C25H34O6/c1-4-5-21-30-20-11-17-16-7-6-14-10-15(27)8-9-23(14,2)22(16)18(28)12-24(17,3)25(20,31-21)19(29)13-26/h8-10,16-18,20-22,26,28H,4-7,11-13H2,1-3H3/t16?,17?,18?,20-,21-,22?,23?,24?,25-/m1/s1. The highest BCUT2D eigenvalue weighted by atomic mass is 16.7. The van der Waals surface area contributed by atoms with Crippen LogP contribution in [0.3, 0.4) is 0 Å². The summed E-state index contributed by atoms with van der Waals surface area (Å²) in [4.78, 5) is 25.2. The van der Waals surface area contributed by atoms with Crippen LogP contribution in [0.25, 0.3) is 0 Å². The molecule has 0 radical (unpaired) electrons. The molecule has 0 amide bonds. The number of carbonyl (C=O) groups excluding carboxylic acids is 2. The van der Waals surface area contributed by atoms with Crippen LogP contribution in [0.4, 0.5) is 0 Å². The molecular weight excluding hydrogens is 396 g/mol. The third-order valence-electron chi connectivity index (χ3n) is 9.37. The Hall–Kier alpha value is -1.34. The summed E-state index contributed by atoms with van der Waals surface area (Å²) in [5.74, 6) is 0.0274. The molecule has 0 aromatic heterocycles. The highest BCUT2D eigenvalue weighted by Crippen LogP contribution is 2.69. The van der Waals surface area contributed by atoms with Crippen molar-refractivity contribution in [1.29, 1.82) is 0 Å². The first-order valence-electron chi connectivity index (χ1n) is 11.8. The maximum Gasteiger partial charge on any atom is 0.193 e. The van der Waals surface area contributed by atoms with Crippen molar-refractivity contribution in [2.45, 2.75) is 83.4 Å². The van der Waals surface area contributed by atoms with Gasteiger partial charge >= 0.3 is 0 Å². The van der Waals surface area contributed by atoms with Crippen LogP contribution in [0.2, 0.25) is 0 Å². The number of ether oxygens (including phenoxy) is 2. The second kappa shape index (κ2) is 7.08. The molecule has 0 aromatic carbocycles. The maximum atomic E-state index is 13.2. The van der Waals surface area contributed by atoms with E-state index in [2.05, 4.69) is 20.8 Å². The second-order valence-corrected chi connectivity index (χ2v) is 10.7. The molecule has 0 aromatic rings. The normalized spacial score (nSPS) is 50.4. The van der Waals surface area contributed by atoms with Gasteiger partial charge in [0.05, 0.1) is 12.2 Å². The smallest absolute Gasteiger partial charge is 0.193 e. The summed E-state index contributed by atoms with van der Waals surface area (Å²) in [5.41, 5.74) is -1.05. The van der Waals surface area contributed by atoms with E-state index in [1.54, 1.807) is 12.2 Å². The minimum atomic E-state index is -1.20. The number of hydrogen-bond donors (Lipinski definition) is 2. The van der Waals surface area contributed by atoms with Gasteiger partial charge in [0.2, 0.25) is 0 Å². The van der Waals surface area contributed by atoms with Gasteiger partial charge in [-0.3, -0.25) is 9.59 Å². The Morgan fingerprint density at radius 2 is 2.10 bits per heavy atom. The molecule has 4 fully saturated rings. The fourth-order valence-electron chi connectivity index (χ4n) is 8.12. The Balaban J connectivity index is 1.55. The van der Waals surface area contributed by atoms with E-state index in [4.69, 9.17) is 9.47 Å². The van der Waals surface area contributed by atoms with Crippen molar-refractivity contribution in [1.82, 2.24) is 0 Å². The molecule has 3 saturated carbocycles. The SMILES string of the molecule is CCC[C@@H]1O[C@@H]2CC3C4CCC5=CC(=O)C=CC5(C)C4C(O)CC3(C)[C@]2(C(=O)CO)O1. The molecule has 6 unspecified atom stereocenters. The Morgan fingerprint density at radius 1 is 1.32 bits per heavy atom. The summed E-state index contributed by atoms with van der Waals surface area (Å²) in [6.07, 6.45) is 8.31. The number of hydrogen-bond acceptors (Lipinski definition) is 6. The third kappa shape index (κ3) is 2.65. The monoisotopic (exact) mass is 430 g/mol. The molecule has 1 aliphatic heterocycles. The zero-order valence-electron chi connectivity index (χ0n) is 18.7. The van der Waals surface area contributed by atoms with E-state index in [1.165, 1.54) is 0 Å². The number of aliphatic hydroxyl groups excluding tert-OH is 2. The average molecular weight is 431 g/mol. The van der Waals surface area contributed by atoms with Crippen LogP contribution in [0.15, 0.2) is 23.8 Å². The van der Waals surface area contributed by atoms with E-state index in [0.717, 1.165) is 24.8 Å². The van der Waals surface area contributed by atoms with Crippen molar-refractivity contribution < 1.29 is 29.3 Å². The molecule has 9 atom stereocenters. The van der Waals surface area contributed by atoms with Gasteiger partial charge in [0.1, 0.15) is 6.61 Å². The zero-order chi connectivity index (χ0) is 22.2. The number of rotatable bonds is 4. The Labute approximate surface area is 183 Å². The lowest BCUT2D eigenvalue weighted by atomic mass is 9.46. The topological polar surface area (TPSA) is 93.1 Å². The van der Waals surface area contributed by atoms with Gasteiger partial charge < -0.3 is 19.7 Å². The zero-order valence-corrected chi connectivity index (χ0v) is 18.7. The van der Waals surface area contributed by atoms with Crippen LogP contribution < -0.4 is 0 Å². The van der Waals surface area contributed by atoms with Gasteiger partial charge in [-0.2, -0.15) is 0 Å². The van der Waals surface area contributed by atoms with Crippen LogP contribution in [0.5, 0.6) is 0 Å². The van der Waals surface area contributed by atoms with E-state index in [0.29, 0.717) is 19.3 Å². The first-order chi connectivity index (χ1) is 14.7. The summed E-state index contributed by atoms with van der Waals surface area (Å²) < 4.78 is 12.7. The molecule has 1 heterocycles. The van der Waals surface area contributed by atoms with Crippen LogP contribution in [-0.4, -0.2) is 52.5 Å². The highest BCUT2D eigenvalue weighted by Gasteiger charge is 2.75. The van der Waals surface area contributed by atoms with E-state index in [-0.39, 0.29) is 34.7 Å². The van der Waals surface area contributed by atoms with Gasteiger partial charge in [-0.15, -0.1) is 0 Å². The first kappa shape index (κ1) is 21.5. The molecule has 31 heavy (non-hydrogen) atoms. The van der Waals surface area contributed by atoms with Gasteiger partial charge in [0.25, 0.3) is 0 Å². The van der Waals surface area contributed by atoms with Crippen molar-refractivity contribution in [2.75, 3.05) is 6.61 Å². The summed E-state index contributed by atoms with van der Waals surface area (Å²) >= 11 is 0. The van der Waals surface area contributed by atoms with Crippen molar-refractivity contribution in [3.63, 3.8) is 0 Å². The molecule has 0 spiro atoms. The van der Waals surface area contributed by atoms with Gasteiger partial charge in [0, 0.05) is 16.7 Å². The molecule has 170 valence electrons. The summed E-state index contributed by atoms with van der Waals surface area (Å²) in [6.45, 7) is 5.67. The molecule has 5 aliphatic rings. The molecule has 5 rings (SSSR count). The molecule has 1 saturated heterocycles. The van der Waals surface area contributed by atoms with Gasteiger partial charge in [0.15, 0.2) is 23.5 Å². The van der Waals surface area contributed by atoms with Crippen LogP contribution in [0, 0.1) is 28.6 Å². The number of Topliss-reactive ketones (excluding diaryl/α,β-unsaturated/α-hetero) is 1. The molecule has 6 nitrogen and oxygen atoms in total. The van der Waals surface area contributed by atoms with Crippen LogP contribution in [0.1, 0.15) is 59.3 Å². The minimum Gasteiger partial charge on any atom is -0.393 e. The van der Waals surface area contributed by atoms with Gasteiger partial charge in [-0.1, -0.05) is 38.8 Å². The predicted molar refractivity (Wildman–Crippen MR) is 113 cm³/mol. The number of carbonyl (C=O) groups is 2. The lowest BCUT2D eigenvalue weighted by Crippen LogP contribution is -2.63. The fourth-order valence-corrected chi connectivity index (χ4v) is 8.12. The quantitative estimate of drug-likeness (QED) is 0.712. The molecular formula is C25H34O6. The van der Waals surface area contributed by atoms with Gasteiger partial charge in [-0.25, -0.2) is 0 Å². The van der Waals surface area contributed by atoms with Crippen molar-refractivity contribution in [3.8, 4) is 0 Å². The number of fused-ring (bicyclic) bond motifs is 7. The number of ketones is 2. The maximum absolute atomic E-state index is 13.2. The third-order valence-corrected chi connectivity index (χ3v) is 9.37. The predicted octanol–water partition coefficient (Wildman–Crippen LogP) is 2.72. The Morgan fingerprint density at radius 3 is 2.81 bits per heavy atom. The Kier molecular flexibility index (Phi) is 4.91. The fraction of sp³-hybridized carbons (Fsp3) is 0.760. The molecule has 6 heteroatoms. The van der Waals surface area contributed by atoms with E-state index < -0.39 is 36.1 Å². The van der Waals surface area contributed by atoms with E-state index in [1.807, 2.05) is 6.08 Å². The first-order valence-corrected chi connectivity index (χ1v) is 11.8.